The summed E-state index contributed by atoms with van der Waals surface area (Å²) in [4.78, 5) is 38.7. The first kappa shape index (κ1) is 22.4. The van der Waals surface area contributed by atoms with Crippen LogP contribution in [0.25, 0.3) is 0 Å². The first-order valence-corrected chi connectivity index (χ1v) is 9.77. The van der Waals surface area contributed by atoms with Crippen LogP contribution in [-0.2, 0) is 4.79 Å². The van der Waals surface area contributed by atoms with E-state index in [1.807, 2.05) is 11.0 Å². The van der Waals surface area contributed by atoms with Crippen LogP contribution in [0.4, 0.5) is 19.1 Å². The number of carbonyl (C=O) groups is 2. The van der Waals surface area contributed by atoms with E-state index >= 15 is 0 Å². The zero-order valence-corrected chi connectivity index (χ0v) is 16.6. The van der Waals surface area contributed by atoms with E-state index in [1.165, 1.54) is 0 Å². The molecule has 4 rings (SSSR count). The number of piperidine rings is 1. The van der Waals surface area contributed by atoms with Gasteiger partial charge in [-0.3, -0.25) is 9.78 Å². The lowest BCUT2D eigenvalue weighted by atomic mass is 9.85. The third kappa shape index (κ3) is 5.28. The fourth-order valence-electron chi connectivity index (χ4n) is 4.00. The normalized spacial score (nSPS) is 17.8. The molecule has 2 aromatic heterocycles. The summed E-state index contributed by atoms with van der Waals surface area (Å²) in [6.45, 7) is 2.57. The Balaban J connectivity index is 0.000000339. The molecule has 1 spiro atoms. The van der Waals surface area contributed by atoms with Crippen molar-refractivity contribution in [3.63, 3.8) is 0 Å². The van der Waals surface area contributed by atoms with E-state index in [1.54, 1.807) is 36.9 Å². The lowest BCUT2D eigenvalue weighted by molar-refractivity contribution is -0.192. The molecule has 2 fully saturated rings. The lowest BCUT2D eigenvalue weighted by Gasteiger charge is -2.45. The van der Waals surface area contributed by atoms with Crippen molar-refractivity contribution in [1.29, 1.82) is 0 Å². The highest BCUT2D eigenvalue weighted by molar-refractivity contribution is 5.94. The number of hydrogen-bond acceptors (Lipinski definition) is 6. The first-order chi connectivity index (χ1) is 14.7. The highest BCUT2D eigenvalue weighted by atomic mass is 19.4. The van der Waals surface area contributed by atoms with Gasteiger partial charge in [0.15, 0.2) is 0 Å². The minimum atomic E-state index is -5.08. The number of rotatable bonds is 2. The molecule has 31 heavy (non-hydrogen) atoms. The Bertz CT molecular complexity index is 888. The van der Waals surface area contributed by atoms with Crippen LogP contribution in [0.5, 0.6) is 0 Å². The molecule has 11 heteroatoms. The van der Waals surface area contributed by atoms with Gasteiger partial charge in [0, 0.05) is 55.5 Å². The van der Waals surface area contributed by atoms with Crippen LogP contribution < -0.4 is 4.90 Å². The first-order valence-electron chi connectivity index (χ1n) is 9.77. The van der Waals surface area contributed by atoms with Crippen LogP contribution in [-0.4, -0.2) is 68.2 Å². The second kappa shape index (κ2) is 9.27. The van der Waals surface area contributed by atoms with E-state index in [0.29, 0.717) is 0 Å². The Hall–Kier alpha value is -3.24. The molecule has 0 aliphatic carbocycles. The second-order valence-electron chi connectivity index (χ2n) is 7.36. The fraction of sp³-hybridized carbons (Fsp3) is 0.450. The fourth-order valence-corrected chi connectivity index (χ4v) is 4.00. The molecule has 0 aromatic carbocycles. The molecular weight excluding hydrogens is 415 g/mol. The van der Waals surface area contributed by atoms with Gasteiger partial charge in [-0.1, -0.05) is 0 Å². The SMILES string of the molecule is O=C(O)C(F)(F)F.O=C(c1ccncc1)N1CCC2(CCCN2c2ncccn2)CC1. The van der Waals surface area contributed by atoms with Crippen LogP contribution in [0.1, 0.15) is 36.0 Å². The van der Waals surface area contributed by atoms with Gasteiger partial charge in [-0.05, 0) is 43.9 Å². The van der Waals surface area contributed by atoms with Gasteiger partial charge in [0.1, 0.15) is 0 Å². The molecular formula is C20H22F3N5O3. The molecule has 0 bridgehead atoms. The average Bonchev–Trinajstić information content (AvgIpc) is 3.18. The number of aromatic nitrogens is 3. The highest BCUT2D eigenvalue weighted by Crippen LogP contribution is 2.40. The Morgan fingerprint density at radius 2 is 1.55 bits per heavy atom. The van der Waals surface area contributed by atoms with Crippen molar-refractivity contribution in [1.82, 2.24) is 19.9 Å². The van der Waals surface area contributed by atoms with Crippen molar-refractivity contribution >= 4 is 17.8 Å². The van der Waals surface area contributed by atoms with Gasteiger partial charge >= 0.3 is 12.1 Å². The molecule has 4 heterocycles. The maximum atomic E-state index is 12.6. The Kier molecular flexibility index (Phi) is 6.71. The summed E-state index contributed by atoms with van der Waals surface area (Å²) in [6.07, 6.45) is 6.13. The number of nitrogens with zero attached hydrogens (tertiary/aromatic N) is 5. The van der Waals surface area contributed by atoms with E-state index in [2.05, 4.69) is 19.9 Å². The summed E-state index contributed by atoms with van der Waals surface area (Å²) in [5.74, 6) is -1.83. The molecule has 0 saturated carbocycles. The van der Waals surface area contributed by atoms with Gasteiger partial charge in [-0.25, -0.2) is 14.8 Å². The third-order valence-electron chi connectivity index (χ3n) is 5.54. The number of amides is 1. The van der Waals surface area contributed by atoms with Crippen LogP contribution in [0, 0.1) is 0 Å². The summed E-state index contributed by atoms with van der Waals surface area (Å²) >= 11 is 0. The van der Waals surface area contributed by atoms with E-state index < -0.39 is 12.1 Å². The van der Waals surface area contributed by atoms with E-state index in [9.17, 15) is 18.0 Å². The van der Waals surface area contributed by atoms with Crippen molar-refractivity contribution in [2.24, 2.45) is 0 Å². The maximum absolute atomic E-state index is 12.6. The summed E-state index contributed by atoms with van der Waals surface area (Å²) < 4.78 is 31.7. The van der Waals surface area contributed by atoms with Crippen LogP contribution in [0.3, 0.4) is 0 Å². The number of pyridine rings is 1. The van der Waals surface area contributed by atoms with Crippen LogP contribution in [0.15, 0.2) is 43.0 Å². The van der Waals surface area contributed by atoms with E-state index in [4.69, 9.17) is 9.90 Å². The number of likely N-dealkylation sites (tertiary alicyclic amines) is 1. The van der Waals surface area contributed by atoms with Crippen molar-refractivity contribution in [2.75, 3.05) is 24.5 Å². The Morgan fingerprint density at radius 3 is 2.10 bits per heavy atom. The lowest BCUT2D eigenvalue weighted by Crippen LogP contribution is -2.53. The number of aliphatic carboxylic acids is 1. The number of carboxylic acids is 1. The molecule has 0 atom stereocenters. The summed E-state index contributed by atoms with van der Waals surface area (Å²) in [5.41, 5.74) is 0.826. The number of hydrogen-bond donors (Lipinski definition) is 1. The predicted octanol–water partition coefficient (Wildman–Crippen LogP) is 2.78. The minimum Gasteiger partial charge on any atom is -0.475 e. The molecule has 0 unspecified atom stereocenters. The molecule has 2 aromatic rings. The van der Waals surface area contributed by atoms with Crippen LogP contribution >= 0.6 is 0 Å². The van der Waals surface area contributed by atoms with Gasteiger partial charge in [-0.2, -0.15) is 13.2 Å². The zero-order chi connectivity index (χ0) is 22.5. The Morgan fingerprint density at radius 1 is 0.968 bits per heavy atom. The Labute approximate surface area is 176 Å². The average molecular weight is 437 g/mol. The van der Waals surface area contributed by atoms with Crippen molar-refractivity contribution in [2.45, 2.75) is 37.4 Å². The number of halogens is 3. The van der Waals surface area contributed by atoms with Gasteiger partial charge in [0.05, 0.1) is 0 Å². The molecule has 166 valence electrons. The van der Waals surface area contributed by atoms with Crippen molar-refractivity contribution in [3.8, 4) is 0 Å². The molecule has 2 aliphatic rings. The molecule has 1 N–H and O–H groups in total. The monoisotopic (exact) mass is 437 g/mol. The molecule has 2 aliphatic heterocycles. The number of carboxylic acid groups (broad SMARTS) is 1. The van der Waals surface area contributed by atoms with Crippen molar-refractivity contribution < 1.29 is 27.9 Å². The number of alkyl halides is 3. The minimum absolute atomic E-state index is 0.104. The predicted molar refractivity (Wildman–Crippen MR) is 104 cm³/mol. The number of anilines is 1. The smallest absolute Gasteiger partial charge is 0.475 e. The summed E-state index contributed by atoms with van der Waals surface area (Å²) in [7, 11) is 0. The quantitative estimate of drug-likeness (QED) is 0.771. The topological polar surface area (TPSA) is 99.5 Å². The van der Waals surface area contributed by atoms with Gasteiger partial charge in [0.2, 0.25) is 5.95 Å². The second-order valence-corrected chi connectivity index (χ2v) is 7.36. The highest BCUT2D eigenvalue weighted by Gasteiger charge is 2.45. The van der Waals surface area contributed by atoms with Crippen molar-refractivity contribution in [3.05, 3.63) is 48.5 Å². The zero-order valence-electron chi connectivity index (χ0n) is 16.6. The molecule has 2 saturated heterocycles. The van der Waals surface area contributed by atoms with Gasteiger partial charge in [-0.15, -0.1) is 0 Å². The number of carbonyl (C=O) groups excluding carboxylic acids is 1. The standard InChI is InChI=1S/C18H21N5O.C2HF3O2/c24-16(15-3-10-19-11-4-15)22-13-6-18(7-14-22)5-1-12-23(18)17-20-8-2-9-21-17;3-2(4,5)1(6)7/h2-4,8-11H,1,5-7,12-14H2;(H,6,7). The summed E-state index contributed by atoms with van der Waals surface area (Å²) in [6, 6.07) is 5.42. The summed E-state index contributed by atoms with van der Waals surface area (Å²) in [5, 5.41) is 7.12. The van der Waals surface area contributed by atoms with E-state index in [-0.39, 0.29) is 11.4 Å². The molecule has 8 nitrogen and oxygen atoms in total. The van der Waals surface area contributed by atoms with Gasteiger partial charge in [0.25, 0.3) is 5.91 Å². The van der Waals surface area contributed by atoms with Crippen LogP contribution in [0.2, 0.25) is 0 Å². The van der Waals surface area contributed by atoms with E-state index in [0.717, 1.165) is 56.8 Å². The molecule has 0 radical (unpaired) electrons. The molecule has 1 amide bonds. The largest absolute Gasteiger partial charge is 0.490 e. The third-order valence-corrected chi connectivity index (χ3v) is 5.54. The maximum Gasteiger partial charge on any atom is 0.490 e. The van der Waals surface area contributed by atoms with Gasteiger partial charge < -0.3 is 14.9 Å².